The molecular formula is C18H15N3O5S. The van der Waals surface area contributed by atoms with Gasteiger partial charge in [0.05, 0.1) is 16.9 Å². The normalized spacial score (nSPS) is 14.9. The molecule has 0 radical (unpaired) electrons. The van der Waals surface area contributed by atoms with Gasteiger partial charge in [0.2, 0.25) is 0 Å². The Morgan fingerprint density at radius 1 is 1.22 bits per heavy atom. The topological polar surface area (TPSA) is 115 Å². The van der Waals surface area contributed by atoms with E-state index in [4.69, 9.17) is 14.9 Å². The Bertz CT molecular complexity index is 941. The first-order valence-electron chi connectivity index (χ1n) is 7.80. The van der Waals surface area contributed by atoms with Gasteiger partial charge in [0.1, 0.15) is 6.61 Å². The number of thioether (sulfide) groups is 1. The summed E-state index contributed by atoms with van der Waals surface area (Å²) < 4.78 is 11.1. The minimum absolute atomic E-state index is 0.0237. The van der Waals surface area contributed by atoms with Crippen LogP contribution >= 0.6 is 11.8 Å². The van der Waals surface area contributed by atoms with Gasteiger partial charge < -0.3 is 14.8 Å². The van der Waals surface area contributed by atoms with Gasteiger partial charge in [-0.05, 0) is 53.2 Å². The zero-order chi connectivity index (χ0) is 19.4. The van der Waals surface area contributed by atoms with Crippen LogP contribution in [0.25, 0.3) is 6.08 Å². The summed E-state index contributed by atoms with van der Waals surface area (Å²) in [7, 11) is 1.51. The second kappa shape index (κ2) is 7.92. The molecule has 0 bridgehead atoms. The number of nitro groups is 1. The number of methoxy groups -OCH3 is 1. The van der Waals surface area contributed by atoms with Gasteiger partial charge in [0.15, 0.2) is 16.7 Å². The summed E-state index contributed by atoms with van der Waals surface area (Å²) in [5.41, 5.74) is 1.55. The van der Waals surface area contributed by atoms with Crippen molar-refractivity contribution in [3.63, 3.8) is 0 Å². The summed E-state index contributed by atoms with van der Waals surface area (Å²) in [4.78, 5) is 22.4. The molecule has 9 heteroatoms. The highest BCUT2D eigenvalue weighted by molar-refractivity contribution is 8.18. The zero-order valence-corrected chi connectivity index (χ0v) is 15.0. The summed E-state index contributed by atoms with van der Waals surface area (Å²) in [5.74, 6) is 0.696. The second-order valence-corrected chi connectivity index (χ2v) is 6.57. The molecule has 1 aliphatic heterocycles. The number of nitrogens with one attached hydrogen (secondary N) is 2. The molecule has 0 aromatic heterocycles. The third-order valence-corrected chi connectivity index (χ3v) is 4.52. The van der Waals surface area contributed by atoms with Gasteiger partial charge in [-0.25, -0.2) is 0 Å². The molecule has 0 saturated carbocycles. The molecule has 2 aromatic rings. The summed E-state index contributed by atoms with van der Waals surface area (Å²) in [6, 6.07) is 11.3. The maximum absolute atomic E-state index is 11.7. The van der Waals surface area contributed by atoms with E-state index in [2.05, 4.69) is 5.32 Å². The Balaban J connectivity index is 1.73. The first-order valence-corrected chi connectivity index (χ1v) is 8.61. The maximum Gasteiger partial charge on any atom is 0.269 e. The maximum atomic E-state index is 11.7. The van der Waals surface area contributed by atoms with E-state index < -0.39 is 4.92 Å². The number of hydrogen-bond acceptors (Lipinski definition) is 7. The van der Waals surface area contributed by atoms with Crippen LogP contribution in [0, 0.1) is 15.5 Å². The molecule has 1 heterocycles. The van der Waals surface area contributed by atoms with E-state index in [0.29, 0.717) is 16.4 Å². The fraction of sp³-hybridized carbons (Fsp3) is 0.111. The number of nitro benzene ring substituents is 1. The lowest BCUT2D eigenvalue weighted by Crippen LogP contribution is -2.18. The quantitative estimate of drug-likeness (QED) is 0.448. The molecule has 2 aromatic carbocycles. The van der Waals surface area contributed by atoms with Crippen molar-refractivity contribution < 1.29 is 19.2 Å². The number of benzene rings is 2. The molecule has 1 saturated heterocycles. The van der Waals surface area contributed by atoms with Crippen molar-refractivity contribution in [2.75, 3.05) is 7.11 Å². The molecule has 0 atom stereocenters. The highest BCUT2D eigenvalue weighted by Crippen LogP contribution is 2.32. The predicted molar refractivity (Wildman–Crippen MR) is 102 cm³/mol. The minimum atomic E-state index is -0.453. The number of carbonyl (C=O) groups excluding carboxylic acids is 1. The molecule has 0 unspecified atom stereocenters. The standard InChI is InChI=1S/C18H15N3O5S/c1-25-15-8-12(9-16-17(22)20-18(19)27-16)4-7-14(15)26-10-11-2-5-13(6-3-11)21(23)24/h2-9H,10H2,1H3,(H2,19,20,22)/b16-9-. The van der Waals surface area contributed by atoms with Gasteiger partial charge in [0, 0.05) is 12.1 Å². The lowest BCUT2D eigenvalue weighted by atomic mass is 10.2. The Kier molecular flexibility index (Phi) is 5.41. The second-order valence-electron chi connectivity index (χ2n) is 5.52. The van der Waals surface area contributed by atoms with E-state index in [9.17, 15) is 14.9 Å². The van der Waals surface area contributed by atoms with E-state index in [-0.39, 0.29) is 23.4 Å². The summed E-state index contributed by atoms with van der Waals surface area (Å²) in [6.07, 6.45) is 1.67. The Hall–Kier alpha value is -3.33. The molecule has 1 fully saturated rings. The van der Waals surface area contributed by atoms with Crippen LogP contribution in [0.3, 0.4) is 0 Å². The van der Waals surface area contributed by atoms with E-state index in [1.807, 2.05) is 0 Å². The number of amides is 1. The number of ether oxygens (including phenoxy) is 2. The highest BCUT2D eigenvalue weighted by atomic mass is 32.2. The van der Waals surface area contributed by atoms with Gasteiger partial charge in [-0.1, -0.05) is 6.07 Å². The molecule has 0 aliphatic carbocycles. The fourth-order valence-corrected chi connectivity index (χ4v) is 3.06. The monoisotopic (exact) mass is 385 g/mol. The van der Waals surface area contributed by atoms with Crippen LogP contribution in [0.2, 0.25) is 0 Å². The number of non-ortho nitro benzene ring substituents is 1. The Labute approximate surface area is 158 Å². The molecule has 3 rings (SSSR count). The number of amidine groups is 1. The molecule has 1 amide bonds. The van der Waals surface area contributed by atoms with Crippen LogP contribution in [0.1, 0.15) is 11.1 Å². The summed E-state index contributed by atoms with van der Waals surface area (Å²) >= 11 is 1.06. The van der Waals surface area contributed by atoms with E-state index >= 15 is 0 Å². The van der Waals surface area contributed by atoms with Crippen molar-refractivity contribution in [3.05, 3.63) is 68.6 Å². The first kappa shape index (κ1) is 18.5. The predicted octanol–water partition coefficient (Wildman–Crippen LogP) is 3.32. The van der Waals surface area contributed by atoms with Gasteiger partial charge in [0.25, 0.3) is 11.6 Å². The molecule has 27 heavy (non-hydrogen) atoms. The summed E-state index contributed by atoms with van der Waals surface area (Å²) in [5, 5.41) is 20.7. The minimum Gasteiger partial charge on any atom is -0.493 e. The van der Waals surface area contributed by atoms with E-state index in [1.54, 1.807) is 36.4 Å². The third kappa shape index (κ3) is 4.45. The highest BCUT2D eigenvalue weighted by Gasteiger charge is 2.22. The van der Waals surface area contributed by atoms with Crippen molar-refractivity contribution in [2.24, 2.45) is 0 Å². The number of carbonyl (C=O) groups is 1. The van der Waals surface area contributed by atoms with Crippen LogP contribution in [-0.4, -0.2) is 23.1 Å². The van der Waals surface area contributed by atoms with Crippen LogP contribution in [0.5, 0.6) is 11.5 Å². The molecule has 2 N–H and O–H groups in total. The van der Waals surface area contributed by atoms with Gasteiger partial charge in [-0.3, -0.25) is 20.3 Å². The van der Waals surface area contributed by atoms with Crippen LogP contribution in [0.15, 0.2) is 47.4 Å². The number of rotatable bonds is 6. The van der Waals surface area contributed by atoms with Crippen LogP contribution in [0.4, 0.5) is 5.69 Å². The molecule has 1 aliphatic rings. The zero-order valence-electron chi connectivity index (χ0n) is 14.2. The molecule has 0 spiro atoms. The van der Waals surface area contributed by atoms with Crippen molar-refractivity contribution in [3.8, 4) is 11.5 Å². The van der Waals surface area contributed by atoms with Crippen LogP contribution in [-0.2, 0) is 11.4 Å². The van der Waals surface area contributed by atoms with E-state index in [0.717, 1.165) is 22.9 Å². The lowest BCUT2D eigenvalue weighted by Gasteiger charge is -2.11. The third-order valence-electron chi connectivity index (χ3n) is 3.69. The number of hydrogen-bond donors (Lipinski definition) is 2. The van der Waals surface area contributed by atoms with Gasteiger partial charge in [-0.2, -0.15) is 0 Å². The summed E-state index contributed by atoms with van der Waals surface area (Å²) in [6.45, 7) is 0.226. The Morgan fingerprint density at radius 3 is 2.56 bits per heavy atom. The van der Waals surface area contributed by atoms with Crippen molar-refractivity contribution in [1.82, 2.24) is 5.32 Å². The average Bonchev–Trinajstić information content (AvgIpc) is 2.97. The SMILES string of the molecule is COc1cc(/C=C2\SC(=N)NC2=O)ccc1OCc1ccc([N+](=O)[O-])cc1. The fourth-order valence-electron chi connectivity index (χ4n) is 2.36. The van der Waals surface area contributed by atoms with Crippen LogP contribution < -0.4 is 14.8 Å². The smallest absolute Gasteiger partial charge is 0.269 e. The number of nitrogens with zero attached hydrogens (tertiary/aromatic N) is 1. The Morgan fingerprint density at radius 2 is 1.96 bits per heavy atom. The largest absolute Gasteiger partial charge is 0.493 e. The average molecular weight is 385 g/mol. The van der Waals surface area contributed by atoms with Crippen molar-refractivity contribution >= 4 is 34.6 Å². The molecule has 8 nitrogen and oxygen atoms in total. The lowest BCUT2D eigenvalue weighted by molar-refractivity contribution is -0.384. The van der Waals surface area contributed by atoms with Crippen molar-refractivity contribution in [2.45, 2.75) is 6.61 Å². The van der Waals surface area contributed by atoms with Gasteiger partial charge >= 0.3 is 0 Å². The molecule has 138 valence electrons. The molecular weight excluding hydrogens is 370 g/mol. The van der Waals surface area contributed by atoms with Crippen molar-refractivity contribution in [1.29, 1.82) is 5.41 Å². The first-order chi connectivity index (χ1) is 13.0. The van der Waals surface area contributed by atoms with E-state index in [1.165, 1.54) is 19.2 Å². The van der Waals surface area contributed by atoms with Gasteiger partial charge in [-0.15, -0.1) is 0 Å².